The summed E-state index contributed by atoms with van der Waals surface area (Å²) < 4.78 is 5.06. The molecular formula is C13H18N2O2. The van der Waals surface area contributed by atoms with Crippen LogP contribution in [-0.4, -0.2) is 19.6 Å². The third-order valence-corrected chi connectivity index (χ3v) is 2.30. The van der Waals surface area contributed by atoms with Gasteiger partial charge in [-0.05, 0) is 26.0 Å². The Morgan fingerprint density at radius 1 is 1.47 bits per heavy atom. The molecule has 4 heteroatoms. The summed E-state index contributed by atoms with van der Waals surface area (Å²) in [5.41, 5.74) is 7.78. The normalized spacial score (nSPS) is 9.59. The molecule has 4 nitrogen and oxygen atoms in total. The molecule has 0 aliphatic carbocycles. The van der Waals surface area contributed by atoms with Crippen molar-refractivity contribution in [3.8, 4) is 5.75 Å². The quantitative estimate of drug-likeness (QED) is 0.618. The second-order valence-corrected chi connectivity index (χ2v) is 3.91. The van der Waals surface area contributed by atoms with Gasteiger partial charge in [-0.1, -0.05) is 17.7 Å². The lowest BCUT2D eigenvalue weighted by molar-refractivity contribution is 0.0958. The van der Waals surface area contributed by atoms with Crippen molar-refractivity contribution in [1.29, 1.82) is 0 Å². The maximum Gasteiger partial charge on any atom is 0.253 e. The van der Waals surface area contributed by atoms with Crippen molar-refractivity contribution in [2.24, 2.45) is 0 Å². The van der Waals surface area contributed by atoms with E-state index in [1.807, 2.05) is 19.9 Å². The van der Waals surface area contributed by atoms with Crippen molar-refractivity contribution < 1.29 is 9.53 Å². The van der Waals surface area contributed by atoms with Crippen LogP contribution in [-0.2, 0) is 0 Å². The lowest BCUT2D eigenvalue weighted by Gasteiger charge is -2.09. The molecule has 17 heavy (non-hydrogen) atoms. The Bertz CT molecular complexity index is 435. The molecule has 0 fully saturated rings. The van der Waals surface area contributed by atoms with Crippen LogP contribution in [0.25, 0.3) is 0 Å². The summed E-state index contributed by atoms with van der Waals surface area (Å²) in [5, 5.41) is 2.77. The lowest BCUT2D eigenvalue weighted by atomic mass is 10.1. The maximum atomic E-state index is 11.8. The van der Waals surface area contributed by atoms with Crippen LogP contribution in [0.3, 0.4) is 0 Å². The first-order valence-corrected chi connectivity index (χ1v) is 5.40. The summed E-state index contributed by atoms with van der Waals surface area (Å²) in [6.07, 6.45) is 1.94. The van der Waals surface area contributed by atoms with Gasteiger partial charge in [-0.15, -0.1) is 0 Å². The molecule has 0 heterocycles. The molecule has 3 N–H and O–H groups in total. The number of anilines is 1. The van der Waals surface area contributed by atoms with E-state index in [1.165, 1.54) is 7.11 Å². The van der Waals surface area contributed by atoms with Gasteiger partial charge in [0.2, 0.25) is 0 Å². The number of carbonyl (C=O) groups excluding carboxylic acids is 1. The molecule has 0 radical (unpaired) electrons. The van der Waals surface area contributed by atoms with Gasteiger partial charge in [-0.3, -0.25) is 4.79 Å². The van der Waals surface area contributed by atoms with E-state index in [0.717, 1.165) is 5.57 Å². The molecule has 1 rings (SSSR count). The van der Waals surface area contributed by atoms with Gasteiger partial charge in [0.15, 0.2) is 0 Å². The van der Waals surface area contributed by atoms with E-state index >= 15 is 0 Å². The highest BCUT2D eigenvalue weighted by molar-refractivity contribution is 6.00. The highest BCUT2D eigenvalue weighted by Gasteiger charge is 2.11. The number of methoxy groups -OCH3 is 1. The first-order valence-electron chi connectivity index (χ1n) is 5.40. The van der Waals surface area contributed by atoms with E-state index in [2.05, 4.69) is 5.32 Å². The van der Waals surface area contributed by atoms with Crippen molar-refractivity contribution in [3.63, 3.8) is 0 Å². The van der Waals surface area contributed by atoms with Crippen molar-refractivity contribution in [3.05, 3.63) is 35.4 Å². The van der Waals surface area contributed by atoms with E-state index in [-0.39, 0.29) is 5.91 Å². The van der Waals surface area contributed by atoms with Crippen LogP contribution in [0.4, 0.5) is 5.69 Å². The summed E-state index contributed by atoms with van der Waals surface area (Å²) in [6, 6.07) is 5.14. The number of benzene rings is 1. The molecule has 0 spiro atoms. The fourth-order valence-electron chi connectivity index (χ4n) is 1.36. The third-order valence-electron chi connectivity index (χ3n) is 2.30. The van der Waals surface area contributed by atoms with Gasteiger partial charge < -0.3 is 15.8 Å². The largest absolute Gasteiger partial charge is 0.495 e. The number of para-hydroxylation sites is 1. The Kier molecular flexibility index (Phi) is 4.57. The number of nitrogen functional groups attached to an aromatic ring is 1. The van der Waals surface area contributed by atoms with Crippen molar-refractivity contribution in [2.45, 2.75) is 13.8 Å². The molecule has 0 unspecified atom stereocenters. The number of nitrogens with two attached hydrogens (primary N) is 1. The molecule has 0 aliphatic heterocycles. The van der Waals surface area contributed by atoms with Crippen LogP contribution in [0.2, 0.25) is 0 Å². The van der Waals surface area contributed by atoms with Crippen LogP contribution < -0.4 is 15.8 Å². The number of amides is 1. The Balaban J connectivity index is 2.79. The number of hydrogen-bond donors (Lipinski definition) is 2. The van der Waals surface area contributed by atoms with Crippen LogP contribution in [0, 0.1) is 0 Å². The summed E-state index contributed by atoms with van der Waals surface area (Å²) in [5.74, 6) is 0.318. The molecule has 0 bridgehead atoms. The number of nitrogens with one attached hydrogen (secondary N) is 1. The fourth-order valence-corrected chi connectivity index (χ4v) is 1.36. The van der Waals surface area contributed by atoms with E-state index in [4.69, 9.17) is 10.5 Å². The van der Waals surface area contributed by atoms with E-state index in [1.54, 1.807) is 18.2 Å². The fraction of sp³-hybridized carbons (Fsp3) is 0.308. The third kappa shape index (κ3) is 3.52. The summed E-state index contributed by atoms with van der Waals surface area (Å²) in [7, 11) is 1.52. The maximum absolute atomic E-state index is 11.8. The molecule has 0 aromatic heterocycles. The van der Waals surface area contributed by atoms with Gasteiger partial charge in [0.05, 0.1) is 18.4 Å². The smallest absolute Gasteiger partial charge is 0.253 e. The summed E-state index contributed by atoms with van der Waals surface area (Å²) >= 11 is 0. The zero-order valence-electron chi connectivity index (χ0n) is 10.4. The molecular weight excluding hydrogens is 216 g/mol. The van der Waals surface area contributed by atoms with Crippen LogP contribution >= 0.6 is 0 Å². The monoisotopic (exact) mass is 234 g/mol. The molecule has 92 valence electrons. The van der Waals surface area contributed by atoms with Crippen molar-refractivity contribution >= 4 is 11.6 Å². The lowest BCUT2D eigenvalue weighted by Crippen LogP contribution is -2.24. The van der Waals surface area contributed by atoms with Crippen LogP contribution in [0.5, 0.6) is 5.75 Å². The molecule has 0 atom stereocenters. The van der Waals surface area contributed by atoms with Gasteiger partial charge in [-0.25, -0.2) is 0 Å². The van der Waals surface area contributed by atoms with E-state index in [9.17, 15) is 4.79 Å². The van der Waals surface area contributed by atoms with Gasteiger partial charge in [0, 0.05) is 6.54 Å². The minimum absolute atomic E-state index is 0.195. The highest BCUT2D eigenvalue weighted by atomic mass is 16.5. The Morgan fingerprint density at radius 2 is 2.18 bits per heavy atom. The zero-order valence-corrected chi connectivity index (χ0v) is 10.4. The average molecular weight is 234 g/mol. The molecule has 1 aromatic carbocycles. The topological polar surface area (TPSA) is 64.3 Å². The molecule has 1 aromatic rings. The first kappa shape index (κ1) is 13.1. The standard InChI is InChI=1S/C13H18N2O2/c1-9(2)7-8-15-13(16)10-5-4-6-11(17-3)12(10)14/h4-7H,8,14H2,1-3H3,(H,15,16). The minimum Gasteiger partial charge on any atom is -0.495 e. The average Bonchev–Trinajstić information content (AvgIpc) is 2.28. The molecule has 1 amide bonds. The number of carbonyl (C=O) groups is 1. The van der Waals surface area contributed by atoms with E-state index < -0.39 is 0 Å². The van der Waals surface area contributed by atoms with Crippen LogP contribution in [0.1, 0.15) is 24.2 Å². The second-order valence-electron chi connectivity index (χ2n) is 3.91. The van der Waals surface area contributed by atoms with Gasteiger partial charge in [0.1, 0.15) is 5.75 Å². The van der Waals surface area contributed by atoms with Gasteiger partial charge >= 0.3 is 0 Å². The Labute approximate surface area is 101 Å². The first-order chi connectivity index (χ1) is 8.06. The number of allylic oxidation sites excluding steroid dienone is 1. The number of hydrogen-bond acceptors (Lipinski definition) is 3. The molecule has 0 saturated carbocycles. The minimum atomic E-state index is -0.195. The number of rotatable bonds is 4. The molecule has 0 aliphatic rings. The molecule has 0 saturated heterocycles. The zero-order chi connectivity index (χ0) is 12.8. The Morgan fingerprint density at radius 3 is 2.76 bits per heavy atom. The van der Waals surface area contributed by atoms with Crippen molar-refractivity contribution in [2.75, 3.05) is 19.4 Å². The van der Waals surface area contributed by atoms with Crippen LogP contribution in [0.15, 0.2) is 29.8 Å². The van der Waals surface area contributed by atoms with Crippen molar-refractivity contribution in [1.82, 2.24) is 5.32 Å². The predicted octanol–water partition coefficient (Wildman–Crippen LogP) is 1.97. The Hall–Kier alpha value is -1.97. The second kappa shape index (κ2) is 5.94. The predicted molar refractivity (Wildman–Crippen MR) is 69.2 cm³/mol. The van der Waals surface area contributed by atoms with Gasteiger partial charge in [0.25, 0.3) is 5.91 Å². The van der Waals surface area contributed by atoms with Gasteiger partial charge in [-0.2, -0.15) is 0 Å². The SMILES string of the molecule is COc1cccc(C(=O)NCC=C(C)C)c1N. The number of ether oxygens (including phenoxy) is 1. The summed E-state index contributed by atoms with van der Waals surface area (Å²) in [4.78, 5) is 11.8. The van der Waals surface area contributed by atoms with E-state index in [0.29, 0.717) is 23.5 Å². The highest BCUT2D eigenvalue weighted by Crippen LogP contribution is 2.24. The summed E-state index contributed by atoms with van der Waals surface area (Å²) in [6.45, 7) is 4.45.